The summed E-state index contributed by atoms with van der Waals surface area (Å²) in [6.45, 7) is 1.93. The Morgan fingerprint density at radius 1 is 1.30 bits per heavy atom. The summed E-state index contributed by atoms with van der Waals surface area (Å²) in [4.78, 5) is 0. The first kappa shape index (κ1) is 22.4. The summed E-state index contributed by atoms with van der Waals surface area (Å²) in [6, 6.07) is 0. The first-order valence-electron chi connectivity index (χ1n) is 1.72. The molecule has 0 aromatic heterocycles. The van der Waals surface area contributed by atoms with Crippen molar-refractivity contribution in [2.24, 2.45) is 0 Å². The maximum atomic E-state index is 8.74. The van der Waals surface area contributed by atoms with E-state index in [9.17, 15) is 0 Å². The normalized spacial score (nSPS) is 7.60. The van der Waals surface area contributed by atoms with E-state index in [1.54, 1.807) is 6.92 Å². The van der Waals surface area contributed by atoms with Crippen LogP contribution in [0.3, 0.4) is 0 Å². The Bertz CT molecular complexity index is 114. The first-order chi connectivity index (χ1) is 3.41. The van der Waals surface area contributed by atoms with Gasteiger partial charge in [-0.2, -0.15) is 8.42 Å². The van der Waals surface area contributed by atoms with Gasteiger partial charge in [0.1, 0.15) is 0 Å². The van der Waals surface area contributed by atoms with Gasteiger partial charge in [-0.3, -0.25) is 9.11 Å². The number of hydrogen-bond acceptors (Lipinski definition) is 4. The van der Waals surface area contributed by atoms with Crippen molar-refractivity contribution in [1.29, 1.82) is 0 Å². The first-order valence-corrected chi connectivity index (χ1v) is 3.12. The fourth-order valence-electron chi connectivity index (χ4n) is 0. The van der Waals surface area contributed by atoms with Gasteiger partial charge in [0, 0.05) is 23.7 Å². The Kier molecular flexibility index (Phi) is 27.0. The van der Waals surface area contributed by atoms with Crippen molar-refractivity contribution in [3.8, 4) is 0 Å². The predicted molar refractivity (Wildman–Crippen MR) is 32.0 cm³/mol. The second-order valence-corrected chi connectivity index (χ2v) is 1.66. The van der Waals surface area contributed by atoms with Gasteiger partial charge in [-0.15, -0.1) is 0 Å². The topological polar surface area (TPSA) is 130 Å². The van der Waals surface area contributed by atoms with Gasteiger partial charge in [0.15, 0.2) is 0 Å². The molecule has 0 aliphatic carbocycles. The largest absolute Gasteiger partial charge is 0.397 e. The standard InChI is InChI=1S/C2H6O.Fe.H3N.H2O4S/c1-2-3;;;1-5(2,3)4/h3H,2H2,1H3;;1H3;(H2,1,2,3,4). The Morgan fingerprint density at radius 2 is 1.30 bits per heavy atom. The van der Waals surface area contributed by atoms with Crippen molar-refractivity contribution in [2.45, 2.75) is 6.92 Å². The van der Waals surface area contributed by atoms with E-state index in [0.717, 1.165) is 0 Å². The maximum Gasteiger partial charge on any atom is 0.394 e. The van der Waals surface area contributed by atoms with Crippen molar-refractivity contribution >= 4 is 10.4 Å². The van der Waals surface area contributed by atoms with Crippen LogP contribution in [-0.2, 0) is 27.5 Å². The van der Waals surface area contributed by atoms with E-state index in [1.165, 1.54) is 0 Å². The molecule has 0 saturated carbocycles. The molecule has 0 heterocycles. The van der Waals surface area contributed by atoms with Gasteiger partial charge in [0.2, 0.25) is 0 Å². The summed E-state index contributed by atoms with van der Waals surface area (Å²) in [6.07, 6.45) is 0. The maximum absolute atomic E-state index is 8.74. The smallest absolute Gasteiger partial charge is 0.394 e. The molecule has 0 aromatic rings. The molecule has 0 radical (unpaired) electrons. The van der Waals surface area contributed by atoms with Crippen molar-refractivity contribution in [2.75, 3.05) is 6.61 Å². The summed E-state index contributed by atoms with van der Waals surface area (Å²) in [5, 5.41) is 7.57. The van der Waals surface area contributed by atoms with Crippen LogP contribution in [0, 0.1) is 0 Å². The molecule has 0 aliphatic rings. The van der Waals surface area contributed by atoms with E-state index in [2.05, 4.69) is 0 Å². The van der Waals surface area contributed by atoms with Gasteiger partial charge in [0.25, 0.3) is 0 Å². The minimum absolute atomic E-state index is 0. The molecule has 0 fully saturated rings. The molecule has 0 bridgehead atoms. The molecule has 8 heteroatoms. The molecule has 68 valence electrons. The zero-order chi connectivity index (χ0) is 7.21. The average molecular weight is 217 g/mol. The van der Waals surface area contributed by atoms with Crippen LogP contribution in [-0.4, -0.2) is 29.2 Å². The monoisotopic (exact) mass is 217 g/mol. The van der Waals surface area contributed by atoms with Gasteiger partial charge in [-0.25, -0.2) is 0 Å². The quantitative estimate of drug-likeness (QED) is 0.319. The van der Waals surface area contributed by atoms with Crippen molar-refractivity contribution in [1.82, 2.24) is 6.15 Å². The van der Waals surface area contributed by atoms with E-state index >= 15 is 0 Å². The second kappa shape index (κ2) is 12.0. The molecule has 0 saturated heterocycles. The van der Waals surface area contributed by atoms with Crippen molar-refractivity contribution < 1.29 is 39.7 Å². The molecule has 0 aliphatic heterocycles. The minimum atomic E-state index is -4.67. The predicted octanol–water partition coefficient (Wildman–Crippen LogP) is -0.495. The fraction of sp³-hybridized carbons (Fsp3) is 1.00. The average Bonchev–Trinajstić information content (AvgIpc) is 1.27. The Hall–Kier alpha value is 0.309. The van der Waals surface area contributed by atoms with Crippen molar-refractivity contribution in [3.63, 3.8) is 0 Å². The molecule has 6 N–H and O–H groups in total. The Morgan fingerprint density at radius 3 is 1.30 bits per heavy atom. The van der Waals surface area contributed by atoms with Crippen LogP contribution in [0.4, 0.5) is 0 Å². The SMILES string of the molecule is CCO.N.O=S(=O)(O)O.[Fe]. The molecule has 0 aromatic carbocycles. The fourth-order valence-corrected chi connectivity index (χ4v) is 0. The van der Waals surface area contributed by atoms with Gasteiger partial charge in [0.05, 0.1) is 0 Å². The third-order valence-corrected chi connectivity index (χ3v) is 0. The number of aliphatic hydroxyl groups excluding tert-OH is 1. The van der Waals surface area contributed by atoms with Crippen LogP contribution in [0.2, 0.25) is 0 Å². The van der Waals surface area contributed by atoms with E-state index in [4.69, 9.17) is 22.6 Å². The summed E-state index contributed by atoms with van der Waals surface area (Å²) in [7, 11) is -4.67. The summed E-state index contributed by atoms with van der Waals surface area (Å²) in [5.74, 6) is 0. The molecule has 0 atom stereocenters. The molecule has 10 heavy (non-hydrogen) atoms. The van der Waals surface area contributed by atoms with E-state index in [0.29, 0.717) is 0 Å². The van der Waals surface area contributed by atoms with Crippen LogP contribution >= 0.6 is 0 Å². The van der Waals surface area contributed by atoms with Crippen LogP contribution in [0.5, 0.6) is 0 Å². The molecular formula is C2H11FeNO5S. The van der Waals surface area contributed by atoms with Gasteiger partial charge in [-0.05, 0) is 6.92 Å². The third-order valence-electron chi connectivity index (χ3n) is 0. The summed E-state index contributed by atoms with van der Waals surface area (Å²) in [5.41, 5.74) is 0. The minimum Gasteiger partial charge on any atom is -0.397 e. The molecule has 6 nitrogen and oxygen atoms in total. The number of aliphatic hydroxyl groups is 1. The summed E-state index contributed by atoms with van der Waals surface area (Å²) < 4.78 is 31.6. The molecular weight excluding hydrogens is 206 g/mol. The zero-order valence-corrected chi connectivity index (χ0v) is 7.25. The van der Waals surface area contributed by atoms with Gasteiger partial charge >= 0.3 is 10.4 Å². The second-order valence-electron chi connectivity index (χ2n) is 0.764. The Labute approximate surface area is 70.3 Å². The number of rotatable bonds is 0. The van der Waals surface area contributed by atoms with Crippen LogP contribution < -0.4 is 6.15 Å². The molecule has 0 amide bonds. The number of hydrogen-bond donors (Lipinski definition) is 4. The van der Waals surface area contributed by atoms with Gasteiger partial charge in [-0.1, -0.05) is 0 Å². The van der Waals surface area contributed by atoms with E-state index in [-0.39, 0.29) is 29.8 Å². The molecule has 0 spiro atoms. The van der Waals surface area contributed by atoms with Crippen molar-refractivity contribution in [3.05, 3.63) is 0 Å². The molecule has 0 unspecified atom stereocenters. The van der Waals surface area contributed by atoms with E-state index in [1.807, 2.05) is 0 Å². The Balaban J connectivity index is -0.0000000326. The molecule has 0 rings (SSSR count). The van der Waals surface area contributed by atoms with Crippen LogP contribution in [0.25, 0.3) is 0 Å². The van der Waals surface area contributed by atoms with Gasteiger partial charge < -0.3 is 11.3 Å². The zero-order valence-electron chi connectivity index (χ0n) is 5.33. The van der Waals surface area contributed by atoms with E-state index < -0.39 is 10.4 Å². The summed E-state index contributed by atoms with van der Waals surface area (Å²) >= 11 is 0. The third kappa shape index (κ3) is 4640. The van der Waals surface area contributed by atoms with Crippen LogP contribution in [0.1, 0.15) is 6.92 Å². The van der Waals surface area contributed by atoms with Crippen LogP contribution in [0.15, 0.2) is 0 Å².